The molecule has 26 heavy (non-hydrogen) atoms. The topological polar surface area (TPSA) is 36.7 Å². The van der Waals surface area contributed by atoms with Crippen LogP contribution in [-0.4, -0.2) is 41.9 Å². The van der Waals surface area contributed by atoms with Crippen molar-refractivity contribution in [2.45, 2.75) is 6.54 Å². The van der Waals surface area contributed by atoms with E-state index >= 15 is 0 Å². The van der Waals surface area contributed by atoms with Gasteiger partial charge < -0.3 is 9.32 Å². The summed E-state index contributed by atoms with van der Waals surface area (Å²) in [7, 11) is 0. The molecule has 3 aromatic rings. The first-order chi connectivity index (χ1) is 12.7. The van der Waals surface area contributed by atoms with Crippen LogP contribution in [0.3, 0.4) is 0 Å². The van der Waals surface area contributed by atoms with Gasteiger partial charge in [-0.1, -0.05) is 6.07 Å². The Morgan fingerprint density at radius 2 is 1.81 bits per heavy atom. The van der Waals surface area contributed by atoms with E-state index in [4.69, 9.17) is 4.42 Å². The summed E-state index contributed by atoms with van der Waals surface area (Å²) in [5.74, 6) is 0.520. The third-order valence-electron chi connectivity index (χ3n) is 4.56. The highest BCUT2D eigenvalue weighted by atomic mass is 32.1. The van der Waals surface area contributed by atoms with Crippen molar-refractivity contribution < 1.29 is 13.6 Å². The van der Waals surface area contributed by atoms with Crippen molar-refractivity contribution in [3.8, 4) is 11.3 Å². The molecule has 0 radical (unpaired) electrons. The fourth-order valence-electron chi connectivity index (χ4n) is 3.11. The number of piperazine rings is 1. The number of rotatable bonds is 4. The van der Waals surface area contributed by atoms with Crippen LogP contribution >= 0.6 is 11.3 Å². The molecule has 6 heteroatoms. The molecule has 1 aliphatic heterocycles. The Hall–Kier alpha value is -2.44. The third kappa shape index (κ3) is 3.71. The zero-order chi connectivity index (χ0) is 17.9. The van der Waals surface area contributed by atoms with Gasteiger partial charge in [-0.3, -0.25) is 9.69 Å². The van der Waals surface area contributed by atoms with E-state index < -0.39 is 0 Å². The number of hydrogen-bond donors (Lipinski definition) is 0. The van der Waals surface area contributed by atoms with Crippen molar-refractivity contribution in [1.82, 2.24) is 9.80 Å². The van der Waals surface area contributed by atoms with Crippen molar-refractivity contribution in [2.75, 3.05) is 26.2 Å². The quantitative estimate of drug-likeness (QED) is 0.694. The number of hydrogen-bond acceptors (Lipinski definition) is 4. The van der Waals surface area contributed by atoms with Crippen molar-refractivity contribution in [3.05, 3.63) is 70.4 Å². The summed E-state index contributed by atoms with van der Waals surface area (Å²) in [6.45, 7) is 4.03. The summed E-state index contributed by atoms with van der Waals surface area (Å²) in [6, 6.07) is 13.7. The van der Waals surface area contributed by atoms with Gasteiger partial charge in [0.25, 0.3) is 5.91 Å². The maximum absolute atomic E-state index is 13.0. The highest BCUT2D eigenvalue weighted by Gasteiger charge is 2.24. The van der Waals surface area contributed by atoms with Crippen molar-refractivity contribution >= 4 is 17.2 Å². The number of carbonyl (C=O) groups is 1. The molecule has 2 aromatic heterocycles. The largest absolute Gasteiger partial charge is 0.451 e. The summed E-state index contributed by atoms with van der Waals surface area (Å²) in [5.41, 5.74) is 0.756. The van der Waals surface area contributed by atoms with E-state index in [0.717, 1.165) is 25.2 Å². The summed E-state index contributed by atoms with van der Waals surface area (Å²) in [4.78, 5) is 18.2. The molecule has 134 valence electrons. The fraction of sp³-hybridized carbons (Fsp3) is 0.250. The van der Waals surface area contributed by atoms with Gasteiger partial charge in [0.1, 0.15) is 11.6 Å². The number of furan rings is 1. The zero-order valence-electron chi connectivity index (χ0n) is 14.2. The van der Waals surface area contributed by atoms with Gasteiger partial charge in [-0.15, -0.1) is 11.3 Å². The van der Waals surface area contributed by atoms with Crippen LogP contribution in [0.4, 0.5) is 4.39 Å². The summed E-state index contributed by atoms with van der Waals surface area (Å²) >= 11 is 1.76. The minimum Gasteiger partial charge on any atom is -0.451 e. The van der Waals surface area contributed by atoms with E-state index in [0.29, 0.717) is 24.6 Å². The van der Waals surface area contributed by atoms with E-state index in [2.05, 4.69) is 22.4 Å². The lowest BCUT2D eigenvalue weighted by Crippen LogP contribution is -2.48. The molecule has 0 aliphatic carbocycles. The third-order valence-corrected chi connectivity index (χ3v) is 5.43. The number of halogens is 1. The van der Waals surface area contributed by atoms with Gasteiger partial charge in [0.2, 0.25) is 0 Å². The zero-order valence-corrected chi connectivity index (χ0v) is 15.0. The highest BCUT2D eigenvalue weighted by molar-refractivity contribution is 7.09. The molecule has 0 unspecified atom stereocenters. The lowest BCUT2D eigenvalue weighted by atomic mass is 10.2. The van der Waals surface area contributed by atoms with Crippen LogP contribution in [0.1, 0.15) is 15.4 Å². The van der Waals surface area contributed by atoms with E-state index in [1.165, 1.54) is 17.0 Å². The Morgan fingerprint density at radius 3 is 2.50 bits per heavy atom. The number of carbonyl (C=O) groups excluding carboxylic acids is 1. The Kier molecular flexibility index (Phi) is 4.86. The molecule has 0 spiro atoms. The lowest BCUT2D eigenvalue weighted by molar-refractivity contribution is 0.0600. The second-order valence-electron chi connectivity index (χ2n) is 6.32. The molecular weight excluding hydrogens is 351 g/mol. The van der Waals surface area contributed by atoms with E-state index in [1.54, 1.807) is 35.6 Å². The standard InChI is InChI=1S/C20H19FN2O2S/c21-16-5-3-15(4-6-16)18-7-8-19(25-18)20(24)23-11-9-22(10-12-23)14-17-2-1-13-26-17/h1-8,13H,9-12,14H2. The second kappa shape index (κ2) is 7.43. The predicted molar refractivity (Wildman–Crippen MR) is 99.6 cm³/mol. The first kappa shape index (κ1) is 17.0. The van der Waals surface area contributed by atoms with E-state index in [9.17, 15) is 9.18 Å². The van der Waals surface area contributed by atoms with Gasteiger partial charge in [-0.05, 0) is 47.8 Å². The molecule has 0 bridgehead atoms. The SMILES string of the molecule is O=C(c1ccc(-c2ccc(F)cc2)o1)N1CCN(Cc2cccs2)CC1. The summed E-state index contributed by atoms with van der Waals surface area (Å²) in [5, 5.41) is 2.09. The van der Waals surface area contributed by atoms with Gasteiger partial charge in [0.15, 0.2) is 5.76 Å². The van der Waals surface area contributed by atoms with Crippen LogP contribution in [0, 0.1) is 5.82 Å². The van der Waals surface area contributed by atoms with Crippen LogP contribution in [0.25, 0.3) is 11.3 Å². The van der Waals surface area contributed by atoms with E-state index in [-0.39, 0.29) is 11.7 Å². The Balaban J connectivity index is 1.37. The van der Waals surface area contributed by atoms with Crippen LogP contribution < -0.4 is 0 Å². The van der Waals surface area contributed by atoms with Crippen molar-refractivity contribution in [3.63, 3.8) is 0 Å². The monoisotopic (exact) mass is 370 g/mol. The normalized spacial score (nSPS) is 15.3. The van der Waals surface area contributed by atoms with Crippen molar-refractivity contribution in [1.29, 1.82) is 0 Å². The molecule has 1 amide bonds. The number of nitrogens with zero attached hydrogens (tertiary/aromatic N) is 2. The van der Waals surface area contributed by atoms with E-state index in [1.807, 2.05) is 4.90 Å². The Morgan fingerprint density at radius 1 is 1.04 bits per heavy atom. The van der Waals surface area contributed by atoms with Crippen LogP contribution in [0.15, 0.2) is 58.3 Å². The molecule has 3 heterocycles. The molecule has 1 saturated heterocycles. The number of thiophene rings is 1. The summed E-state index contributed by atoms with van der Waals surface area (Å²) in [6.07, 6.45) is 0. The minimum atomic E-state index is -0.294. The van der Waals surface area contributed by atoms with Gasteiger partial charge >= 0.3 is 0 Å². The molecule has 0 N–H and O–H groups in total. The van der Waals surface area contributed by atoms with Crippen molar-refractivity contribution in [2.24, 2.45) is 0 Å². The molecular formula is C20H19FN2O2S. The molecule has 1 fully saturated rings. The smallest absolute Gasteiger partial charge is 0.289 e. The molecule has 4 rings (SSSR count). The first-order valence-electron chi connectivity index (χ1n) is 8.59. The second-order valence-corrected chi connectivity index (χ2v) is 7.35. The molecule has 4 nitrogen and oxygen atoms in total. The number of benzene rings is 1. The fourth-order valence-corrected chi connectivity index (χ4v) is 3.86. The minimum absolute atomic E-state index is 0.0888. The van der Waals surface area contributed by atoms with Crippen LogP contribution in [-0.2, 0) is 6.54 Å². The lowest BCUT2D eigenvalue weighted by Gasteiger charge is -2.34. The van der Waals surface area contributed by atoms with Gasteiger partial charge in [-0.2, -0.15) is 0 Å². The van der Waals surface area contributed by atoms with Crippen LogP contribution in [0.5, 0.6) is 0 Å². The molecule has 1 aromatic carbocycles. The number of amides is 1. The molecule has 0 atom stereocenters. The molecule has 1 aliphatic rings. The van der Waals surface area contributed by atoms with Gasteiger partial charge in [-0.25, -0.2) is 4.39 Å². The first-order valence-corrected chi connectivity index (χ1v) is 9.47. The average Bonchev–Trinajstić information content (AvgIpc) is 3.34. The average molecular weight is 370 g/mol. The van der Waals surface area contributed by atoms with Gasteiger partial charge in [0.05, 0.1) is 0 Å². The van der Waals surface area contributed by atoms with Crippen LogP contribution in [0.2, 0.25) is 0 Å². The molecule has 0 saturated carbocycles. The Bertz CT molecular complexity index is 866. The highest BCUT2D eigenvalue weighted by Crippen LogP contribution is 2.23. The Labute approximate surface area is 155 Å². The predicted octanol–water partition coefficient (Wildman–Crippen LogP) is 4.11. The van der Waals surface area contributed by atoms with Gasteiger partial charge in [0, 0.05) is 43.2 Å². The maximum atomic E-state index is 13.0. The summed E-state index contributed by atoms with van der Waals surface area (Å²) < 4.78 is 18.7. The maximum Gasteiger partial charge on any atom is 0.289 e.